The second kappa shape index (κ2) is 5.34. The van der Waals surface area contributed by atoms with E-state index in [4.69, 9.17) is 0 Å². The van der Waals surface area contributed by atoms with Gasteiger partial charge in [0.1, 0.15) is 0 Å². The Morgan fingerprint density at radius 1 is 1.53 bits per heavy atom. The van der Waals surface area contributed by atoms with E-state index >= 15 is 0 Å². The molecule has 0 spiro atoms. The van der Waals surface area contributed by atoms with Crippen molar-refractivity contribution in [3.05, 3.63) is 24.0 Å². The third kappa shape index (κ3) is 3.97. The molecule has 1 aromatic heterocycles. The number of anilines is 1. The molecule has 0 bridgehead atoms. The summed E-state index contributed by atoms with van der Waals surface area (Å²) >= 11 is 0. The second-order valence-electron chi connectivity index (χ2n) is 3.77. The summed E-state index contributed by atoms with van der Waals surface area (Å²) in [6.45, 7) is 6.13. The van der Waals surface area contributed by atoms with Gasteiger partial charge < -0.3 is 10.6 Å². The van der Waals surface area contributed by atoms with E-state index in [-0.39, 0.29) is 11.9 Å². The molecular formula is C11H17N3O. The fourth-order valence-electron chi connectivity index (χ4n) is 1.22. The summed E-state index contributed by atoms with van der Waals surface area (Å²) in [5, 5.41) is 5.88. The third-order valence-electron chi connectivity index (χ3n) is 1.91. The van der Waals surface area contributed by atoms with Gasteiger partial charge in [-0.3, -0.25) is 9.78 Å². The average Bonchev–Trinajstić information content (AvgIpc) is 2.15. The predicted molar refractivity (Wildman–Crippen MR) is 60.7 cm³/mol. The molecule has 0 saturated heterocycles. The Bertz CT molecular complexity index is 336. The molecule has 0 aliphatic rings. The highest BCUT2D eigenvalue weighted by molar-refractivity contribution is 5.81. The molecule has 4 nitrogen and oxygen atoms in total. The highest BCUT2D eigenvalue weighted by Crippen LogP contribution is 2.10. The van der Waals surface area contributed by atoms with Crippen LogP contribution in [0, 0.1) is 6.92 Å². The van der Waals surface area contributed by atoms with Crippen molar-refractivity contribution in [3.8, 4) is 0 Å². The van der Waals surface area contributed by atoms with Crippen LogP contribution in [0.1, 0.15) is 19.4 Å². The van der Waals surface area contributed by atoms with Crippen LogP contribution in [0.3, 0.4) is 0 Å². The standard InChI is InChI=1S/C11H17N3O/c1-8(2)14-11(15)7-13-10-4-5-12-6-9(10)3/h4-6,8H,7H2,1-3H3,(H,12,13)(H,14,15). The first-order valence-electron chi connectivity index (χ1n) is 5.03. The minimum atomic E-state index is 0.00112. The van der Waals surface area contributed by atoms with Gasteiger partial charge in [0.15, 0.2) is 0 Å². The van der Waals surface area contributed by atoms with Crippen LogP contribution in [0.2, 0.25) is 0 Å². The molecule has 0 aromatic carbocycles. The zero-order chi connectivity index (χ0) is 11.3. The lowest BCUT2D eigenvalue weighted by atomic mass is 10.2. The monoisotopic (exact) mass is 207 g/mol. The van der Waals surface area contributed by atoms with Gasteiger partial charge in [-0.25, -0.2) is 0 Å². The lowest BCUT2D eigenvalue weighted by Crippen LogP contribution is -2.34. The number of nitrogens with one attached hydrogen (secondary N) is 2. The summed E-state index contributed by atoms with van der Waals surface area (Å²) in [6, 6.07) is 2.04. The molecular weight excluding hydrogens is 190 g/mol. The van der Waals surface area contributed by atoms with Crippen molar-refractivity contribution in [2.75, 3.05) is 11.9 Å². The van der Waals surface area contributed by atoms with Gasteiger partial charge in [-0.1, -0.05) is 0 Å². The number of hydrogen-bond donors (Lipinski definition) is 2. The minimum absolute atomic E-state index is 0.00112. The SMILES string of the molecule is Cc1cnccc1NCC(=O)NC(C)C. The highest BCUT2D eigenvalue weighted by Gasteiger charge is 2.03. The van der Waals surface area contributed by atoms with Crippen LogP contribution < -0.4 is 10.6 Å². The predicted octanol–water partition coefficient (Wildman–Crippen LogP) is 1.33. The Kier molecular flexibility index (Phi) is 4.09. The molecule has 1 heterocycles. The molecule has 0 aliphatic heterocycles. The van der Waals surface area contributed by atoms with Crippen LogP contribution in [0.15, 0.2) is 18.5 Å². The fourth-order valence-corrected chi connectivity index (χ4v) is 1.22. The van der Waals surface area contributed by atoms with Crippen molar-refractivity contribution in [1.82, 2.24) is 10.3 Å². The largest absolute Gasteiger partial charge is 0.376 e. The van der Waals surface area contributed by atoms with Gasteiger partial charge in [-0.15, -0.1) is 0 Å². The van der Waals surface area contributed by atoms with Crippen LogP contribution in [0.4, 0.5) is 5.69 Å². The number of hydrogen-bond acceptors (Lipinski definition) is 3. The number of aromatic nitrogens is 1. The quantitative estimate of drug-likeness (QED) is 0.783. The molecule has 0 atom stereocenters. The lowest BCUT2D eigenvalue weighted by Gasteiger charge is -2.11. The fraction of sp³-hybridized carbons (Fsp3) is 0.455. The number of carbonyl (C=O) groups is 1. The van der Waals surface area contributed by atoms with Crippen molar-refractivity contribution >= 4 is 11.6 Å². The Hall–Kier alpha value is -1.58. The van der Waals surface area contributed by atoms with Crippen LogP contribution in [0.25, 0.3) is 0 Å². The van der Waals surface area contributed by atoms with E-state index in [0.717, 1.165) is 11.3 Å². The summed E-state index contributed by atoms with van der Waals surface area (Å²) in [7, 11) is 0. The first-order valence-corrected chi connectivity index (χ1v) is 5.03. The molecule has 0 unspecified atom stereocenters. The first kappa shape index (κ1) is 11.5. The van der Waals surface area contributed by atoms with Gasteiger partial charge in [-0.05, 0) is 32.4 Å². The van der Waals surface area contributed by atoms with Crippen LogP contribution in [-0.4, -0.2) is 23.5 Å². The second-order valence-corrected chi connectivity index (χ2v) is 3.77. The van der Waals surface area contributed by atoms with Crippen molar-refractivity contribution in [3.63, 3.8) is 0 Å². The topological polar surface area (TPSA) is 54.0 Å². The zero-order valence-corrected chi connectivity index (χ0v) is 9.37. The van der Waals surface area contributed by atoms with Gasteiger partial charge in [0.25, 0.3) is 0 Å². The summed E-state index contributed by atoms with van der Waals surface area (Å²) in [5.41, 5.74) is 1.98. The van der Waals surface area contributed by atoms with Crippen LogP contribution >= 0.6 is 0 Å². The van der Waals surface area contributed by atoms with E-state index in [1.165, 1.54) is 0 Å². The summed E-state index contributed by atoms with van der Waals surface area (Å²) in [5.74, 6) is 0.00112. The summed E-state index contributed by atoms with van der Waals surface area (Å²) in [6.07, 6.45) is 3.47. The molecule has 0 aliphatic carbocycles. The van der Waals surface area contributed by atoms with Crippen LogP contribution in [0.5, 0.6) is 0 Å². The van der Waals surface area contributed by atoms with Crippen molar-refractivity contribution < 1.29 is 4.79 Å². The van der Waals surface area contributed by atoms with E-state index in [2.05, 4.69) is 15.6 Å². The van der Waals surface area contributed by atoms with Crippen LogP contribution in [-0.2, 0) is 4.79 Å². The number of carbonyl (C=O) groups excluding carboxylic acids is 1. The molecule has 2 N–H and O–H groups in total. The van der Waals surface area contributed by atoms with Crippen molar-refractivity contribution in [2.45, 2.75) is 26.8 Å². The maximum absolute atomic E-state index is 11.3. The average molecular weight is 207 g/mol. The molecule has 0 saturated carbocycles. The smallest absolute Gasteiger partial charge is 0.239 e. The van der Waals surface area contributed by atoms with Crippen molar-refractivity contribution in [1.29, 1.82) is 0 Å². The summed E-state index contributed by atoms with van der Waals surface area (Å²) in [4.78, 5) is 15.3. The number of aryl methyl sites for hydroxylation is 1. The Balaban J connectivity index is 2.44. The summed E-state index contributed by atoms with van der Waals surface area (Å²) < 4.78 is 0. The number of pyridine rings is 1. The van der Waals surface area contributed by atoms with E-state index in [1.54, 1.807) is 12.4 Å². The number of amides is 1. The highest BCUT2D eigenvalue weighted by atomic mass is 16.1. The van der Waals surface area contributed by atoms with Gasteiger partial charge in [0, 0.05) is 24.1 Å². The molecule has 82 valence electrons. The maximum Gasteiger partial charge on any atom is 0.239 e. The van der Waals surface area contributed by atoms with Gasteiger partial charge in [0.05, 0.1) is 6.54 Å². The molecule has 1 rings (SSSR count). The molecule has 15 heavy (non-hydrogen) atoms. The van der Waals surface area contributed by atoms with Crippen molar-refractivity contribution in [2.24, 2.45) is 0 Å². The molecule has 0 fully saturated rings. The zero-order valence-electron chi connectivity index (χ0n) is 9.37. The molecule has 0 radical (unpaired) electrons. The first-order chi connectivity index (χ1) is 7.09. The van der Waals surface area contributed by atoms with E-state index in [0.29, 0.717) is 6.54 Å². The number of rotatable bonds is 4. The number of nitrogens with zero attached hydrogens (tertiary/aromatic N) is 1. The van der Waals surface area contributed by atoms with E-state index < -0.39 is 0 Å². The Morgan fingerprint density at radius 2 is 2.27 bits per heavy atom. The van der Waals surface area contributed by atoms with Gasteiger partial charge in [0.2, 0.25) is 5.91 Å². The Morgan fingerprint density at radius 3 is 2.87 bits per heavy atom. The molecule has 1 amide bonds. The minimum Gasteiger partial charge on any atom is -0.376 e. The van der Waals surface area contributed by atoms with Gasteiger partial charge in [-0.2, -0.15) is 0 Å². The normalized spacial score (nSPS) is 10.1. The van der Waals surface area contributed by atoms with Gasteiger partial charge >= 0.3 is 0 Å². The lowest BCUT2D eigenvalue weighted by molar-refractivity contribution is -0.119. The maximum atomic E-state index is 11.3. The van der Waals surface area contributed by atoms with E-state index in [9.17, 15) is 4.79 Å². The third-order valence-corrected chi connectivity index (χ3v) is 1.91. The molecule has 4 heteroatoms. The van der Waals surface area contributed by atoms with E-state index in [1.807, 2.05) is 26.8 Å². The molecule has 1 aromatic rings. The Labute approximate surface area is 90.1 Å².